The number of methoxy groups -OCH3 is 1. The molecule has 0 aromatic heterocycles. The van der Waals surface area contributed by atoms with Crippen LogP contribution < -0.4 is 0 Å². The number of carbonyl (C=O) groups excluding carboxylic acids is 1. The van der Waals surface area contributed by atoms with E-state index in [2.05, 4.69) is 0 Å². The van der Waals surface area contributed by atoms with E-state index in [0.29, 0.717) is 6.61 Å². The number of ether oxygens (including phenoxy) is 2. The van der Waals surface area contributed by atoms with Crippen LogP contribution in [0.25, 0.3) is 0 Å². The van der Waals surface area contributed by atoms with Gasteiger partial charge < -0.3 is 9.47 Å². The summed E-state index contributed by atoms with van der Waals surface area (Å²) in [6, 6.07) is 0. The summed E-state index contributed by atoms with van der Waals surface area (Å²) in [5, 5.41) is 0. The minimum atomic E-state index is -0.311. The molecule has 82 valence electrons. The smallest absolute Gasteiger partial charge is 0.316 e. The van der Waals surface area contributed by atoms with Gasteiger partial charge in [0, 0.05) is 0 Å². The number of rotatable bonds is 3. The molecular weight excluding hydrogens is 192 g/mol. The average Bonchev–Trinajstić information content (AvgIpc) is 2.40. The predicted octanol–water partition coefficient (Wildman–Crippen LogP) is 2.21. The number of esters is 1. The van der Waals surface area contributed by atoms with E-state index in [-0.39, 0.29) is 11.9 Å². The van der Waals surface area contributed by atoms with Gasteiger partial charge in [-0.1, -0.05) is 18.2 Å². The van der Waals surface area contributed by atoms with Crippen LogP contribution in [-0.4, -0.2) is 19.7 Å². The van der Waals surface area contributed by atoms with Gasteiger partial charge in [0.25, 0.3) is 0 Å². The molecule has 0 spiro atoms. The van der Waals surface area contributed by atoms with Gasteiger partial charge in [-0.2, -0.15) is 0 Å². The third-order valence-electron chi connectivity index (χ3n) is 2.16. The summed E-state index contributed by atoms with van der Waals surface area (Å²) >= 11 is 0. The average molecular weight is 208 g/mol. The first kappa shape index (κ1) is 11.6. The Morgan fingerprint density at radius 2 is 2.27 bits per heavy atom. The summed E-state index contributed by atoms with van der Waals surface area (Å²) in [7, 11) is 1.61. The summed E-state index contributed by atoms with van der Waals surface area (Å²) in [4.78, 5) is 11.5. The molecule has 0 aliphatic heterocycles. The second-order valence-electron chi connectivity index (χ2n) is 3.25. The molecule has 1 aliphatic carbocycles. The zero-order valence-electron chi connectivity index (χ0n) is 9.32. The van der Waals surface area contributed by atoms with E-state index in [0.717, 1.165) is 11.3 Å². The molecule has 3 nitrogen and oxygen atoms in total. The molecular formula is C12H16O3. The van der Waals surface area contributed by atoms with Crippen molar-refractivity contribution in [2.75, 3.05) is 13.7 Å². The minimum Gasteiger partial charge on any atom is -0.497 e. The van der Waals surface area contributed by atoms with Crippen LogP contribution in [0.15, 0.2) is 35.6 Å². The molecule has 0 aromatic rings. The molecule has 0 bridgehead atoms. The van der Waals surface area contributed by atoms with Crippen molar-refractivity contribution in [3.63, 3.8) is 0 Å². The number of allylic oxidation sites excluding steroid dienone is 3. The van der Waals surface area contributed by atoms with E-state index < -0.39 is 0 Å². The number of carbonyl (C=O) groups is 1. The molecule has 1 atom stereocenters. The lowest BCUT2D eigenvalue weighted by molar-refractivity contribution is -0.144. The quantitative estimate of drug-likeness (QED) is 0.667. The Bertz CT molecular complexity index is 324. The van der Waals surface area contributed by atoms with Crippen LogP contribution in [0.1, 0.15) is 13.8 Å². The van der Waals surface area contributed by atoms with Gasteiger partial charge >= 0.3 is 5.97 Å². The van der Waals surface area contributed by atoms with Gasteiger partial charge in [0.2, 0.25) is 0 Å². The van der Waals surface area contributed by atoms with Crippen molar-refractivity contribution in [3.8, 4) is 0 Å². The fourth-order valence-electron chi connectivity index (χ4n) is 1.42. The van der Waals surface area contributed by atoms with E-state index in [1.165, 1.54) is 0 Å². The highest BCUT2D eigenvalue weighted by atomic mass is 16.5. The zero-order chi connectivity index (χ0) is 11.3. The second kappa shape index (κ2) is 5.39. The summed E-state index contributed by atoms with van der Waals surface area (Å²) in [6.45, 7) is 4.11. The Kier molecular flexibility index (Phi) is 4.16. The molecule has 0 saturated heterocycles. The van der Waals surface area contributed by atoms with Crippen molar-refractivity contribution in [2.24, 2.45) is 5.92 Å². The van der Waals surface area contributed by atoms with Crippen LogP contribution in [0.5, 0.6) is 0 Å². The van der Waals surface area contributed by atoms with Crippen molar-refractivity contribution in [1.82, 2.24) is 0 Å². The third-order valence-corrected chi connectivity index (χ3v) is 2.16. The molecule has 1 unspecified atom stereocenters. The van der Waals surface area contributed by atoms with E-state index in [1.807, 2.05) is 25.2 Å². The van der Waals surface area contributed by atoms with Crippen LogP contribution in [0.4, 0.5) is 0 Å². The van der Waals surface area contributed by atoms with E-state index in [1.54, 1.807) is 20.1 Å². The first-order chi connectivity index (χ1) is 7.19. The van der Waals surface area contributed by atoms with Crippen molar-refractivity contribution in [1.29, 1.82) is 0 Å². The van der Waals surface area contributed by atoms with E-state index in [4.69, 9.17) is 9.47 Å². The van der Waals surface area contributed by atoms with Gasteiger partial charge in [-0.15, -0.1) is 0 Å². The standard InChI is InChI=1S/C12H16O3/c1-4-15-12(13)10-6-5-7-11(14-3)9(2)8-10/h5-8,10H,4H2,1-3H3. The molecule has 1 rings (SSSR count). The third kappa shape index (κ3) is 2.98. The highest BCUT2D eigenvalue weighted by molar-refractivity contribution is 5.77. The van der Waals surface area contributed by atoms with Crippen molar-refractivity contribution in [3.05, 3.63) is 35.6 Å². The Labute approximate surface area is 90.1 Å². The molecule has 1 aliphatic rings. The summed E-state index contributed by atoms with van der Waals surface area (Å²) in [5.74, 6) is 0.241. The maximum absolute atomic E-state index is 11.5. The second-order valence-corrected chi connectivity index (χ2v) is 3.25. The largest absolute Gasteiger partial charge is 0.497 e. The molecule has 0 heterocycles. The van der Waals surface area contributed by atoms with Gasteiger partial charge in [0.05, 0.1) is 19.6 Å². The fraction of sp³-hybridized carbons (Fsp3) is 0.417. The topological polar surface area (TPSA) is 35.5 Å². The van der Waals surface area contributed by atoms with Crippen molar-refractivity contribution < 1.29 is 14.3 Å². The normalized spacial score (nSPS) is 20.1. The maximum atomic E-state index is 11.5. The lowest BCUT2D eigenvalue weighted by atomic mass is 10.1. The predicted molar refractivity (Wildman–Crippen MR) is 58.1 cm³/mol. The highest BCUT2D eigenvalue weighted by Crippen LogP contribution is 2.18. The first-order valence-corrected chi connectivity index (χ1v) is 4.97. The van der Waals surface area contributed by atoms with Gasteiger partial charge in [0.15, 0.2) is 0 Å². The number of hydrogen-bond donors (Lipinski definition) is 0. The number of hydrogen-bond acceptors (Lipinski definition) is 3. The molecule has 0 amide bonds. The SMILES string of the molecule is CCOC(=O)C1C=CC=C(OC)C(C)=C1. The first-order valence-electron chi connectivity index (χ1n) is 4.97. The fourth-order valence-corrected chi connectivity index (χ4v) is 1.42. The van der Waals surface area contributed by atoms with Crippen LogP contribution in [0, 0.1) is 5.92 Å². The molecule has 3 heteroatoms. The highest BCUT2D eigenvalue weighted by Gasteiger charge is 2.16. The molecule has 0 fully saturated rings. The van der Waals surface area contributed by atoms with E-state index in [9.17, 15) is 4.79 Å². The van der Waals surface area contributed by atoms with Crippen LogP contribution in [0.2, 0.25) is 0 Å². The maximum Gasteiger partial charge on any atom is 0.316 e. The molecule has 0 radical (unpaired) electrons. The van der Waals surface area contributed by atoms with Crippen LogP contribution in [-0.2, 0) is 14.3 Å². The Morgan fingerprint density at radius 1 is 1.53 bits per heavy atom. The van der Waals surface area contributed by atoms with Crippen LogP contribution >= 0.6 is 0 Å². The van der Waals surface area contributed by atoms with Crippen LogP contribution in [0.3, 0.4) is 0 Å². The molecule has 0 aromatic carbocycles. The molecule has 15 heavy (non-hydrogen) atoms. The summed E-state index contributed by atoms with van der Waals surface area (Å²) < 4.78 is 10.1. The van der Waals surface area contributed by atoms with Crippen molar-refractivity contribution >= 4 is 5.97 Å². The Balaban J connectivity index is 2.81. The zero-order valence-corrected chi connectivity index (χ0v) is 9.32. The summed E-state index contributed by atoms with van der Waals surface area (Å²) in [6.07, 6.45) is 7.29. The molecule has 0 N–H and O–H groups in total. The lowest BCUT2D eigenvalue weighted by Gasteiger charge is -2.08. The monoisotopic (exact) mass is 208 g/mol. The lowest BCUT2D eigenvalue weighted by Crippen LogP contribution is -2.13. The van der Waals surface area contributed by atoms with Gasteiger partial charge in [-0.25, -0.2) is 0 Å². The Morgan fingerprint density at radius 3 is 2.87 bits per heavy atom. The minimum absolute atomic E-state index is 0.223. The molecule has 0 saturated carbocycles. The van der Waals surface area contributed by atoms with Gasteiger partial charge in [0.1, 0.15) is 5.76 Å². The van der Waals surface area contributed by atoms with Gasteiger partial charge in [-0.3, -0.25) is 4.79 Å². The van der Waals surface area contributed by atoms with Crippen molar-refractivity contribution in [2.45, 2.75) is 13.8 Å². The van der Waals surface area contributed by atoms with E-state index >= 15 is 0 Å². The van der Waals surface area contributed by atoms with Gasteiger partial charge in [-0.05, 0) is 25.5 Å². The summed E-state index contributed by atoms with van der Waals surface area (Å²) in [5.41, 5.74) is 0.945. The Hall–Kier alpha value is -1.51.